The lowest BCUT2D eigenvalue weighted by molar-refractivity contribution is 0.0996. The Bertz CT molecular complexity index is 530. The topological polar surface area (TPSA) is 68.0 Å². The number of aromatic nitrogens is 2. The third-order valence-corrected chi connectivity index (χ3v) is 3.36. The van der Waals surface area contributed by atoms with Gasteiger partial charge in [-0.25, -0.2) is 0 Å². The minimum Gasteiger partial charge on any atom is -0.459 e. The van der Waals surface area contributed by atoms with E-state index in [1.54, 1.807) is 6.07 Å². The van der Waals surface area contributed by atoms with Crippen molar-refractivity contribution in [3.8, 4) is 0 Å². The molecule has 0 spiro atoms. The van der Waals surface area contributed by atoms with Gasteiger partial charge in [0.2, 0.25) is 5.13 Å². The summed E-state index contributed by atoms with van der Waals surface area (Å²) in [5, 5.41) is 12.0. The second kappa shape index (κ2) is 4.67. The fraction of sp³-hybridized carbons (Fsp3) is 0.364. The van der Waals surface area contributed by atoms with E-state index in [1.807, 2.05) is 20.8 Å². The van der Waals surface area contributed by atoms with Crippen LogP contribution in [-0.2, 0) is 0 Å². The van der Waals surface area contributed by atoms with Gasteiger partial charge < -0.3 is 4.42 Å². The molecule has 0 aliphatic heterocycles. The number of carbonyl (C=O) groups is 1. The first-order valence-corrected chi connectivity index (χ1v) is 6.08. The summed E-state index contributed by atoms with van der Waals surface area (Å²) in [5.74, 6) is 0.328. The summed E-state index contributed by atoms with van der Waals surface area (Å²) in [5.41, 5.74) is 0.802. The number of amides is 1. The Morgan fingerprint density at radius 1 is 1.47 bits per heavy atom. The Balaban J connectivity index is 2.11. The van der Waals surface area contributed by atoms with Crippen molar-refractivity contribution in [1.82, 2.24) is 10.2 Å². The normalized spacial score (nSPS) is 10.8. The highest BCUT2D eigenvalue weighted by Crippen LogP contribution is 2.23. The first-order valence-electron chi connectivity index (χ1n) is 5.26. The molecule has 0 radical (unpaired) electrons. The van der Waals surface area contributed by atoms with E-state index >= 15 is 0 Å². The fourth-order valence-electron chi connectivity index (χ4n) is 1.28. The Hall–Kier alpha value is -1.69. The van der Waals surface area contributed by atoms with E-state index in [-0.39, 0.29) is 5.91 Å². The van der Waals surface area contributed by atoms with Crippen LogP contribution in [0.15, 0.2) is 16.7 Å². The molecule has 2 rings (SSSR count). The van der Waals surface area contributed by atoms with Gasteiger partial charge in [0, 0.05) is 11.5 Å². The number of hydrogen-bond acceptors (Lipinski definition) is 5. The second-order valence-corrected chi connectivity index (χ2v) is 5.00. The van der Waals surface area contributed by atoms with Crippen molar-refractivity contribution >= 4 is 22.4 Å². The molecule has 0 aromatic carbocycles. The van der Waals surface area contributed by atoms with Gasteiger partial charge in [0.25, 0.3) is 5.91 Å². The van der Waals surface area contributed by atoms with E-state index in [0.717, 1.165) is 10.6 Å². The number of carbonyl (C=O) groups excluding carboxylic acids is 1. The minimum absolute atomic E-state index is 0.293. The molecule has 0 aliphatic rings. The van der Waals surface area contributed by atoms with Crippen molar-refractivity contribution in [2.75, 3.05) is 5.32 Å². The molecule has 90 valence electrons. The first kappa shape index (κ1) is 11.8. The van der Waals surface area contributed by atoms with Crippen LogP contribution >= 0.6 is 11.3 Å². The highest BCUT2D eigenvalue weighted by molar-refractivity contribution is 7.15. The van der Waals surface area contributed by atoms with Crippen molar-refractivity contribution in [2.45, 2.75) is 26.7 Å². The van der Waals surface area contributed by atoms with E-state index in [4.69, 9.17) is 4.42 Å². The van der Waals surface area contributed by atoms with E-state index in [2.05, 4.69) is 15.5 Å². The summed E-state index contributed by atoms with van der Waals surface area (Å²) in [7, 11) is 0. The molecule has 0 atom stereocenters. The molecule has 0 bridgehead atoms. The molecule has 6 heteroatoms. The zero-order chi connectivity index (χ0) is 12.4. The number of rotatable bonds is 3. The third-order valence-electron chi connectivity index (χ3n) is 2.22. The predicted octanol–water partition coefficient (Wildman–Crippen LogP) is 2.82. The van der Waals surface area contributed by atoms with E-state index in [9.17, 15) is 4.79 Å². The Kier molecular flexibility index (Phi) is 3.23. The molecule has 2 heterocycles. The van der Waals surface area contributed by atoms with Gasteiger partial charge in [-0.15, -0.1) is 10.2 Å². The molecule has 1 amide bonds. The van der Waals surface area contributed by atoms with Gasteiger partial charge in [-0.3, -0.25) is 10.1 Å². The Morgan fingerprint density at radius 2 is 2.24 bits per heavy atom. The number of aryl methyl sites for hydroxylation is 1. The average Bonchev–Trinajstić information content (AvgIpc) is 2.86. The Morgan fingerprint density at radius 3 is 2.76 bits per heavy atom. The van der Waals surface area contributed by atoms with Crippen LogP contribution in [0.25, 0.3) is 0 Å². The van der Waals surface area contributed by atoms with Gasteiger partial charge in [0.15, 0.2) is 5.76 Å². The van der Waals surface area contributed by atoms with E-state index in [0.29, 0.717) is 16.8 Å². The molecule has 1 N–H and O–H groups in total. The summed E-state index contributed by atoms with van der Waals surface area (Å²) in [6.45, 7) is 5.88. The fourth-order valence-corrected chi connectivity index (χ4v) is 2.02. The highest BCUT2D eigenvalue weighted by Gasteiger charge is 2.15. The molecule has 0 saturated heterocycles. The zero-order valence-corrected chi connectivity index (χ0v) is 10.7. The molecular weight excluding hydrogens is 238 g/mol. The molecule has 0 aliphatic carbocycles. The van der Waals surface area contributed by atoms with Gasteiger partial charge >= 0.3 is 0 Å². The maximum atomic E-state index is 11.8. The third kappa shape index (κ3) is 2.52. The summed E-state index contributed by atoms with van der Waals surface area (Å²) in [6.07, 6.45) is 1.49. The quantitative estimate of drug-likeness (QED) is 0.910. The lowest BCUT2D eigenvalue weighted by atomic mass is 10.2. The van der Waals surface area contributed by atoms with Crippen LogP contribution in [0.1, 0.15) is 40.9 Å². The lowest BCUT2D eigenvalue weighted by Crippen LogP contribution is -2.11. The van der Waals surface area contributed by atoms with Gasteiger partial charge in [0.05, 0.1) is 6.26 Å². The van der Waals surface area contributed by atoms with Gasteiger partial charge in [-0.2, -0.15) is 0 Å². The zero-order valence-electron chi connectivity index (χ0n) is 9.85. The summed E-state index contributed by atoms with van der Waals surface area (Å²) >= 11 is 1.38. The average molecular weight is 251 g/mol. The van der Waals surface area contributed by atoms with Crippen LogP contribution in [0.3, 0.4) is 0 Å². The van der Waals surface area contributed by atoms with Crippen LogP contribution in [-0.4, -0.2) is 16.1 Å². The molecule has 2 aromatic heterocycles. The first-order chi connectivity index (χ1) is 8.08. The molecule has 0 saturated carbocycles. The highest BCUT2D eigenvalue weighted by atomic mass is 32.1. The monoisotopic (exact) mass is 251 g/mol. The van der Waals surface area contributed by atoms with Gasteiger partial charge in [0.1, 0.15) is 5.01 Å². The smallest absolute Gasteiger partial charge is 0.293 e. The molecule has 17 heavy (non-hydrogen) atoms. The molecule has 0 fully saturated rings. The van der Waals surface area contributed by atoms with Crippen LogP contribution in [0, 0.1) is 6.92 Å². The maximum absolute atomic E-state index is 11.8. The maximum Gasteiger partial charge on any atom is 0.293 e. The van der Waals surface area contributed by atoms with Crippen molar-refractivity contribution in [3.63, 3.8) is 0 Å². The SMILES string of the molecule is Cc1ccoc1C(=O)Nc1nnc(C(C)C)s1. The number of furan rings is 1. The summed E-state index contributed by atoms with van der Waals surface area (Å²) in [6, 6.07) is 1.74. The van der Waals surface area contributed by atoms with Crippen LogP contribution < -0.4 is 5.32 Å². The van der Waals surface area contributed by atoms with Crippen LogP contribution in [0.4, 0.5) is 5.13 Å². The predicted molar refractivity (Wildman–Crippen MR) is 65.4 cm³/mol. The largest absolute Gasteiger partial charge is 0.459 e. The van der Waals surface area contributed by atoms with Gasteiger partial charge in [-0.05, 0) is 13.0 Å². The van der Waals surface area contributed by atoms with Crippen molar-refractivity contribution in [1.29, 1.82) is 0 Å². The van der Waals surface area contributed by atoms with E-state index < -0.39 is 0 Å². The van der Waals surface area contributed by atoms with Gasteiger partial charge in [-0.1, -0.05) is 25.2 Å². The summed E-state index contributed by atoms with van der Waals surface area (Å²) < 4.78 is 5.10. The van der Waals surface area contributed by atoms with Crippen LogP contribution in [0.5, 0.6) is 0 Å². The minimum atomic E-state index is -0.293. The Labute approximate surface area is 103 Å². The summed E-state index contributed by atoms with van der Waals surface area (Å²) in [4.78, 5) is 11.8. The lowest BCUT2D eigenvalue weighted by Gasteiger charge is -1.98. The number of nitrogens with zero attached hydrogens (tertiary/aromatic N) is 2. The van der Waals surface area contributed by atoms with Crippen molar-refractivity contribution in [2.24, 2.45) is 0 Å². The number of hydrogen-bond donors (Lipinski definition) is 1. The van der Waals surface area contributed by atoms with Crippen molar-refractivity contribution < 1.29 is 9.21 Å². The van der Waals surface area contributed by atoms with E-state index in [1.165, 1.54) is 17.6 Å². The van der Waals surface area contributed by atoms with Crippen LogP contribution in [0.2, 0.25) is 0 Å². The second-order valence-electron chi connectivity index (χ2n) is 3.99. The molecule has 0 unspecified atom stereocenters. The number of nitrogens with one attached hydrogen (secondary N) is 1. The standard InChI is InChI=1S/C11H13N3O2S/c1-6(2)10-13-14-11(17-10)12-9(15)8-7(3)4-5-16-8/h4-6H,1-3H3,(H,12,14,15). The van der Waals surface area contributed by atoms with Crippen molar-refractivity contribution in [3.05, 3.63) is 28.7 Å². The molecular formula is C11H13N3O2S. The number of anilines is 1. The molecule has 5 nitrogen and oxygen atoms in total. The molecule has 2 aromatic rings.